The zero-order chi connectivity index (χ0) is 18.2. The summed E-state index contributed by atoms with van der Waals surface area (Å²) in [5, 5.41) is 9.48. The Morgan fingerprint density at radius 1 is 1.23 bits per heavy atom. The van der Waals surface area contributed by atoms with E-state index in [4.69, 9.17) is 4.42 Å². The highest BCUT2D eigenvalue weighted by Gasteiger charge is 2.25. The second-order valence-electron chi connectivity index (χ2n) is 6.45. The van der Waals surface area contributed by atoms with E-state index >= 15 is 0 Å². The van der Waals surface area contributed by atoms with Gasteiger partial charge in [-0.05, 0) is 49.6 Å². The molecule has 0 radical (unpaired) electrons. The molecule has 26 heavy (non-hydrogen) atoms. The maximum atomic E-state index is 12.1. The Kier molecular flexibility index (Phi) is 6.30. The van der Waals surface area contributed by atoms with Gasteiger partial charge >= 0.3 is 0 Å². The monoisotopic (exact) mass is 354 g/mol. The number of carbonyl (C=O) groups excluding carboxylic acids is 1. The van der Waals surface area contributed by atoms with Crippen LogP contribution < -0.4 is 16.0 Å². The number of nitrogens with zero attached hydrogens (tertiary/aromatic N) is 1. The van der Waals surface area contributed by atoms with Crippen LogP contribution in [0.3, 0.4) is 0 Å². The van der Waals surface area contributed by atoms with Gasteiger partial charge in [-0.25, -0.2) is 4.99 Å². The molecule has 3 N–H and O–H groups in total. The number of furan rings is 1. The normalized spacial score (nSPS) is 14.6. The molecule has 2 aromatic rings. The smallest absolute Gasteiger partial charge is 0.227 e. The third kappa shape index (κ3) is 5.12. The molecule has 1 aliphatic carbocycles. The summed E-state index contributed by atoms with van der Waals surface area (Å²) < 4.78 is 5.33. The van der Waals surface area contributed by atoms with E-state index in [9.17, 15) is 4.79 Å². The fourth-order valence-corrected chi connectivity index (χ4v) is 2.76. The molecule has 1 heterocycles. The van der Waals surface area contributed by atoms with Crippen molar-refractivity contribution >= 4 is 17.6 Å². The molecule has 0 bridgehead atoms. The van der Waals surface area contributed by atoms with Crippen molar-refractivity contribution in [1.82, 2.24) is 10.6 Å². The van der Waals surface area contributed by atoms with Crippen LogP contribution in [0.2, 0.25) is 0 Å². The Morgan fingerprint density at radius 3 is 2.81 bits per heavy atom. The molecule has 1 aromatic heterocycles. The minimum absolute atomic E-state index is 0.130. The summed E-state index contributed by atoms with van der Waals surface area (Å²) in [5.74, 6) is 1.90. The number of hydrogen-bond acceptors (Lipinski definition) is 3. The van der Waals surface area contributed by atoms with E-state index in [1.54, 1.807) is 6.26 Å². The zero-order valence-corrected chi connectivity index (χ0v) is 15.1. The number of rotatable bonds is 7. The molecule has 0 atom stereocenters. The van der Waals surface area contributed by atoms with Crippen LogP contribution in [0.4, 0.5) is 5.69 Å². The van der Waals surface area contributed by atoms with Crippen LogP contribution in [0.15, 0.2) is 52.1 Å². The summed E-state index contributed by atoms with van der Waals surface area (Å²) in [6, 6.07) is 11.7. The summed E-state index contributed by atoms with van der Waals surface area (Å²) in [7, 11) is 0. The summed E-state index contributed by atoms with van der Waals surface area (Å²) >= 11 is 0. The quantitative estimate of drug-likeness (QED) is 0.527. The predicted octanol–water partition coefficient (Wildman–Crippen LogP) is 3.27. The minimum Gasteiger partial charge on any atom is -0.467 e. The molecule has 1 saturated carbocycles. The highest BCUT2D eigenvalue weighted by atomic mass is 16.3. The maximum absolute atomic E-state index is 12.1. The van der Waals surface area contributed by atoms with E-state index in [2.05, 4.69) is 20.9 Å². The van der Waals surface area contributed by atoms with Gasteiger partial charge in [0.05, 0.1) is 19.4 Å². The average molecular weight is 354 g/mol. The van der Waals surface area contributed by atoms with Crippen molar-refractivity contribution < 1.29 is 9.21 Å². The second-order valence-corrected chi connectivity index (χ2v) is 6.45. The minimum atomic E-state index is 0.130. The third-order valence-electron chi connectivity index (χ3n) is 4.44. The van der Waals surface area contributed by atoms with E-state index in [0.717, 1.165) is 48.8 Å². The van der Waals surface area contributed by atoms with Crippen LogP contribution in [0.5, 0.6) is 0 Å². The predicted molar refractivity (Wildman–Crippen MR) is 103 cm³/mol. The van der Waals surface area contributed by atoms with E-state index in [0.29, 0.717) is 13.1 Å². The van der Waals surface area contributed by atoms with Gasteiger partial charge in [-0.3, -0.25) is 4.79 Å². The van der Waals surface area contributed by atoms with E-state index in [1.807, 2.05) is 43.3 Å². The second kappa shape index (κ2) is 9.08. The Morgan fingerprint density at radius 2 is 2.12 bits per heavy atom. The van der Waals surface area contributed by atoms with Crippen LogP contribution in [0.1, 0.15) is 37.5 Å². The van der Waals surface area contributed by atoms with Crippen LogP contribution in [0, 0.1) is 5.92 Å². The first-order chi connectivity index (χ1) is 12.7. The molecule has 0 saturated heterocycles. The number of carbonyl (C=O) groups is 1. The highest BCUT2D eigenvalue weighted by Crippen LogP contribution is 2.27. The molecular weight excluding hydrogens is 328 g/mol. The molecule has 6 heteroatoms. The maximum Gasteiger partial charge on any atom is 0.227 e. The van der Waals surface area contributed by atoms with Crippen molar-refractivity contribution in [2.45, 2.75) is 39.3 Å². The number of hydrogen-bond donors (Lipinski definition) is 3. The van der Waals surface area contributed by atoms with Crippen LogP contribution >= 0.6 is 0 Å². The molecule has 6 nitrogen and oxygen atoms in total. The average Bonchev–Trinajstić information content (AvgIpc) is 3.09. The number of aliphatic imine (C=N–C) groups is 1. The fourth-order valence-electron chi connectivity index (χ4n) is 2.76. The molecule has 1 fully saturated rings. The van der Waals surface area contributed by atoms with E-state index in [-0.39, 0.29) is 11.8 Å². The molecular formula is C20H26N4O2. The van der Waals surface area contributed by atoms with E-state index in [1.165, 1.54) is 0 Å². The van der Waals surface area contributed by atoms with Crippen molar-refractivity contribution in [3.63, 3.8) is 0 Å². The Balaban J connectivity index is 1.57. The van der Waals surface area contributed by atoms with Gasteiger partial charge in [0.2, 0.25) is 5.91 Å². The summed E-state index contributed by atoms with van der Waals surface area (Å²) in [4.78, 5) is 16.7. The first kappa shape index (κ1) is 18.0. The number of nitrogens with one attached hydrogen (secondary N) is 3. The van der Waals surface area contributed by atoms with Crippen molar-refractivity contribution in [3.8, 4) is 0 Å². The highest BCUT2D eigenvalue weighted by molar-refractivity contribution is 5.93. The number of guanidine groups is 1. The molecule has 1 aliphatic rings. The van der Waals surface area contributed by atoms with Gasteiger partial charge in [0.25, 0.3) is 0 Å². The summed E-state index contributed by atoms with van der Waals surface area (Å²) in [6.07, 6.45) is 4.82. The first-order valence-electron chi connectivity index (χ1n) is 9.19. The lowest BCUT2D eigenvalue weighted by molar-refractivity contribution is -0.122. The van der Waals surface area contributed by atoms with Gasteiger partial charge in [0, 0.05) is 18.2 Å². The van der Waals surface area contributed by atoms with Gasteiger partial charge in [0.1, 0.15) is 5.76 Å². The standard InChI is InChI=1S/C20H26N4O2/c1-2-21-20(23-14-18-10-5-11-26-18)22-13-15-6-3-9-17(12-15)24-19(25)16-7-4-8-16/h3,5-6,9-12,16H,2,4,7-8,13-14H2,1H3,(H,24,25)(H2,21,22,23). The van der Waals surface area contributed by atoms with E-state index < -0.39 is 0 Å². The third-order valence-corrected chi connectivity index (χ3v) is 4.44. The molecule has 138 valence electrons. The summed E-state index contributed by atoms with van der Waals surface area (Å²) in [5.41, 5.74) is 1.88. The fraction of sp³-hybridized carbons (Fsp3) is 0.400. The lowest BCUT2D eigenvalue weighted by atomic mass is 9.85. The van der Waals surface area contributed by atoms with Crippen molar-refractivity contribution in [1.29, 1.82) is 0 Å². The number of anilines is 1. The molecule has 1 amide bonds. The molecule has 0 spiro atoms. The van der Waals surface area contributed by atoms with Gasteiger partial charge in [-0.2, -0.15) is 0 Å². The van der Waals surface area contributed by atoms with Gasteiger partial charge in [-0.15, -0.1) is 0 Å². The first-order valence-corrected chi connectivity index (χ1v) is 9.19. The molecule has 0 unspecified atom stereocenters. The van der Waals surface area contributed by atoms with Crippen molar-refractivity contribution in [2.75, 3.05) is 11.9 Å². The van der Waals surface area contributed by atoms with Crippen molar-refractivity contribution in [2.24, 2.45) is 10.9 Å². The van der Waals surface area contributed by atoms with Crippen LogP contribution in [0.25, 0.3) is 0 Å². The molecule has 0 aliphatic heterocycles. The van der Waals surface area contributed by atoms with Gasteiger partial charge < -0.3 is 20.4 Å². The largest absolute Gasteiger partial charge is 0.467 e. The number of benzene rings is 1. The van der Waals surface area contributed by atoms with Crippen LogP contribution in [-0.2, 0) is 17.9 Å². The molecule has 3 rings (SSSR count). The lowest BCUT2D eigenvalue weighted by Gasteiger charge is -2.24. The Labute approximate surface area is 154 Å². The van der Waals surface area contributed by atoms with Gasteiger partial charge in [-0.1, -0.05) is 18.6 Å². The van der Waals surface area contributed by atoms with Crippen molar-refractivity contribution in [3.05, 3.63) is 54.0 Å². The SMILES string of the molecule is CCNC(=NCc1cccc(NC(=O)C2CCC2)c1)NCc1ccco1. The molecule has 1 aromatic carbocycles. The Bertz CT molecular complexity index is 736. The Hall–Kier alpha value is -2.76. The lowest BCUT2D eigenvalue weighted by Crippen LogP contribution is -2.36. The topological polar surface area (TPSA) is 78.7 Å². The zero-order valence-electron chi connectivity index (χ0n) is 15.1. The van der Waals surface area contributed by atoms with Gasteiger partial charge in [0.15, 0.2) is 5.96 Å². The van der Waals surface area contributed by atoms with Crippen LogP contribution in [-0.4, -0.2) is 18.4 Å². The number of amides is 1. The summed E-state index contributed by atoms with van der Waals surface area (Å²) in [6.45, 7) is 3.92.